The van der Waals surface area contributed by atoms with Gasteiger partial charge in [0.25, 0.3) is 0 Å². The van der Waals surface area contributed by atoms with Crippen LogP contribution in [0.1, 0.15) is 18.4 Å². The highest BCUT2D eigenvalue weighted by molar-refractivity contribution is 5.27. The van der Waals surface area contributed by atoms with Crippen LogP contribution in [-0.4, -0.2) is 11.6 Å². The van der Waals surface area contributed by atoms with Crippen LogP contribution in [0.4, 0.5) is 0 Å². The summed E-state index contributed by atoms with van der Waals surface area (Å²) in [5.74, 6) is 1.74. The standard InChI is InChI=1S/C10H13NO.H3N/c1-8-4-5-11-6-10(8)12-7-9-2-3-9;/h4-6,9H,2-3,7H2,1H3;1H3. The van der Waals surface area contributed by atoms with Crippen molar-refractivity contribution in [3.05, 3.63) is 24.0 Å². The lowest BCUT2D eigenvalue weighted by Crippen LogP contribution is -2.00. The van der Waals surface area contributed by atoms with Crippen molar-refractivity contribution < 1.29 is 4.74 Å². The first kappa shape index (κ1) is 9.99. The molecule has 3 heteroatoms. The number of pyridine rings is 1. The topological polar surface area (TPSA) is 57.1 Å². The van der Waals surface area contributed by atoms with E-state index in [1.807, 2.05) is 13.0 Å². The highest BCUT2D eigenvalue weighted by Gasteiger charge is 2.22. The fourth-order valence-corrected chi connectivity index (χ4v) is 1.09. The van der Waals surface area contributed by atoms with E-state index in [2.05, 4.69) is 4.98 Å². The molecule has 0 amide bonds. The van der Waals surface area contributed by atoms with Gasteiger partial charge in [-0.25, -0.2) is 0 Å². The largest absolute Gasteiger partial charge is 0.491 e. The molecule has 0 spiro atoms. The van der Waals surface area contributed by atoms with Crippen molar-refractivity contribution in [2.45, 2.75) is 19.8 Å². The molecule has 0 saturated heterocycles. The zero-order chi connectivity index (χ0) is 8.39. The Labute approximate surface area is 78.7 Å². The van der Waals surface area contributed by atoms with Crippen LogP contribution in [-0.2, 0) is 0 Å². The molecule has 1 aromatic rings. The van der Waals surface area contributed by atoms with Crippen molar-refractivity contribution in [3.63, 3.8) is 0 Å². The van der Waals surface area contributed by atoms with Crippen LogP contribution < -0.4 is 10.9 Å². The zero-order valence-electron chi connectivity index (χ0n) is 7.99. The maximum Gasteiger partial charge on any atom is 0.140 e. The van der Waals surface area contributed by atoms with E-state index in [4.69, 9.17) is 4.74 Å². The van der Waals surface area contributed by atoms with E-state index in [0.29, 0.717) is 0 Å². The molecule has 1 saturated carbocycles. The quantitative estimate of drug-likeness (QED) is 0.776. The second-order valence-corrected chi connectivity index (χ2v) is 3.40. The van der Waals surface area contributed by atoms with Crippen LogP contribution in [0.25, 0.3) is 0 Å². The van der Waals surface area contributed by atoms with Gasteiger partial charge in [0.1, 0.15) is 5.75 Å². The van der Waals surface area contributed by atoms with Crippen molar-refractivity contribution in [2.75, 3.05) is 6.61 Å². The van der Waals surface area contributed by atoms with Gasteiger partial charge in [0.15, 0.2) is 0 Å². The Morgan fingerprint density at radius 1 is 1.54 bits per heavy atom. The monoisotopic (exact) mass is 180 g/mol. The summed E-state index contributed by atoms with van der Waals surface area (Å²) in [6.07, 6.45) is 6.25. The molecule has 3 nitrogen and oxygen atoms in total. The second kappa shape index (κ2) is 4.23. The summed E-state index contributed by atoms with van der Waals surface area (Å²) in [6, 6.07) is 1.97. The van der Waals surface area contributed by atoms with Gasteiger partial charge >= 0.3 is 0 Å². The Balaban J connectivity index is 0.000000845. The summed E-state index contributed by atoms with van der Waals surface area (Å²) in [6.45, 7) is 2.91. The number of hydrogen-bond acceptors (Lipinski definition) is 3. The molecule has 0 bridgehead atoms. The summed E-state index contributed by atoms with van der Waals surface area (Å²) >= 11 is 0. The Morgan fingerprint density at radius 3 is 2.92 bits per heavy atom. The number of ether oxygens (including phenoxy) is 1. The molecule has 2 rings (SSSR count). The number of aromatic nitrogens is 1. The van der Waals surface area contributed by atoms with Gasteiger partial charge in [0.05, 0.1) is 12.8 Å². The first-order chi connectivity index (χ1) is 5.86. The zero-order valence-corrected chi connectivity index (χ0v) is 7.99. The molecule has 0 aliphatic heterocycles. The minimum absolute atomic E-state index is 0. The highest BCUT2D eigenvalue weighted by Crippen LogP contribution is 2.29. The highest BCUT2D eigenvalue weighted by atomic mass is 16.5. The van der Waals surface area contributed by atoms with Crippen LogP contribution in [0.2, 0.25) is 0 Å². The van der Waals surface area contributed by atoms with Gasteiger partial charge in [0.2, 0.25) is 0 Å². The summed E-state index contributed by atoms with van der Waals surface area (Å²) in [5, 5.41) is 0. The van der Waals surface area contributed by atoms with Crippen LogP contribution in [0.3, 0.4) is 0 Å². The molecule has 13 heavy (non-hydrogen) atoms. The van der Waals surface area contributed by atoms with E-state index in [0.717, 1.165) is 18.3 Å². The van der Waals surface area contributed by atoms with Gasteiger partial charge in [-0.3, -0.25) is 4.98 Å². The summed E-state index contributed by atoms with van der Waals surface area (Å²) in [7, 11) is 0. The molecule has 0 atom stereocenters. The average Bonchev–Trinajstić information content (AvgIpc) is 2.86. The first-order valence-electron chi connectivity index (χ1n) is 4.39. The third kappa shape index (κ3) is 2.70. The molecule has 1 fully saturated rings. The number of aryl methyl sites for hydroxylation is 1. The molecule has 1 heterocycles. The Kier molecular flexibility index (Phi) is 3.25. The van der Waals surface area contributed by atoms with E-state index in [9.17, 15) is 0 Å². The summed E-state index contributed by atoms with van der Waals surface area (Å²) < 4.78 is 5.60. The second-order valence-electron chi connectivity index (χ2n) is 3.40. The summed E-state index contributed by atoms with van der Waals surface area (Å²) in [4.78, 5) is 4.02. The predicted molar refractivity (Wildman–Crippen MR) is 52.2 cm³/mol. The normalized spacial score (nSPS) is 14.8. The molecule has 0 unspecified atom stereocenters. The lowest BCUT2D eigenvalue weighted by molar-refractivity contribution is 0.296. The molecule has 0 aromatic carbocycles. The van der Waals surface area contributed by atoms with Crippen molar-refractivity contribution in [2.24, 2.45) is 5.92 Å². The van der Waals surface area contributed by atoms with E-state index in [1.54, 1.807) is 12.4 Å². The number of rotatable bonds is 3. The fraction of sp³-hybridized carbons (Fsp3) is 0.500. The molecule has 1 aliphatic rings. The molecule has 0 radical (unpaired) electrons. The SMILES string of the molecule is Cc1ccncc1OCC1CC1.N. The van der Waals surface area contributed by atoms with Crippen molar-refractivity contribution in [1.29, 1.82) is 0 Å². The van der Waals surface area contributed by atoms with Crippen molar-refractivity contribution in [3.8, 4) is 5.75 Å². The molecule has 3 N–H and O–H groups in total. The fourth-order valence-electron chi connectivity index (χ4n) is 1.09. The Morgan fingerprint density at radius 2 is 2.31 bits per heavy atom. The van der Waals surface area contributed by atoms with Crippen molar-refractivity contribution in [1.82, 2.24) is 11.1 Å². The molecule has 1 aromatic heterocycles. The maximum atomic E-state index is 5.60. The maximum absolute atomic E-state index is 5.60. The third-order valence-electron chi connectivity index (χ3n) is 2.16. The average molecular weight is 180 g/mol. The summed E-state index contributed by atoms with van der Waals surface area (Å²) in [5.41, 5.74) is 1.17. The van der Waals surface area contributed by atoms with Gasteiger partial charge in [-0.05, 0) is 37.3 Å². The van der Waals surface area contributed by atoms with Crippen LogP contribution in [0.5, 0.6) is 5.75 Å². The Hall–Kier alpha value is -1.09. The van der Waals surface area contributed by atoms with Gasteiger partial charge in [-0.15, -0.1) is 0 Å². The Bertz CT molecular complexity index is 271. The van der Waals surface area contributed by atoms with Crippen LogP contribution in [0, 0.1) is 12.8 Å². The van der Waals surface area contributed by atoms with Gasteiger partial charge in [0, 0.05) is 6.20 Å². The van der Waals surface area contributed by atoms with Crippen LogP contribution >= 0.6 is 0 Å². The third-order valence-corrected chi connectivity index (χ3v) is 2.16. The lowest BCUT2D eigenvalue weighted by Gasteiger charge is -2.06. The molecule has 72 valence electrons. The van der Waals surface area contributed by atoms with E-state index < -0.39 is 0 Å². The van der Waals surface area contributed by atoms with E-state index >= 15 is 0 Å². The predicted octanol–water partition coefficient (Wildman–Crippen LogP) is 2.34. The molecule has 1 aliphatic carbocycles. The van der Waals surface area contributed by atoms with E-state index in [-0.39, 0.29) is 6.15 Å². The number of nitrogens with zero attached hydrogens (tertiary/aromatic N) is 1. The van der Waals surface area contributed by atoms with E-state index in [1.165, 1.54) is 18.4 Å². The minimum Gasteiger partial charge on any atom is -0.491 e. The molecular weight excluding hydrogens is 164 g/mol. The minimum atomic E-state index is 0. The smallest absolute Gasteiger partial charge is 0.140 e. The van der Waals surface area contributed by atoms with Gasteiger partial charge < -0.3 is 10.9 Å². The number of hydrogen-bond donors (Lipinski definition) is 1. The van der Waals surface area contributed by atoms with Crippen molar-refractivity contribution >= 4 is 0 Å². The van der Waals surface area contributed by atoms with Gasteiger partial charge in [-0.2, -0.15) is 0 Å². The molecular formula is C10H16N2O. The van der Waals surface area contributed by atoms with Crippen LogP contribution in [0.15, 0.2) is 18.5 Å². The van der Waals surface area contributed by atoms with Gasteiger partial charge in [-0.1, -0.05) is 0 Å². The first-order valence-corrected chi connectivity index (χ1v) is 4.39. The lowest BCUT2D eigenvalue weighted by atomic mass is 10.3.